The predicted molar refractivity (Wildman–Crippen MR) is 83.5 cm³/mol. The molecule has 0 amide bonds. The Kier molecular flexibility index (Phi) is 3.43. The summed E-state index contributed by atoms with van der Waals surface area (Å²) in [7, 11) is 0. The van der Waals surface area contributed by atoms with Gasteiger partial charge in [-0.25, -0.2) is 0 Å². The average Bonchev–Trinajstić information content (AvgIpc) is 2.48. The zero-order valence-electron chi connectivity index (χ0n) is 11.7. The zero-order valence-corrected chi connectivity index (χ0v) is 12.5. The van der Waals surface area contributed by atoms with Crippen molar-refractivity contribution < 1.29 is 9.62 Å². The van der Waals surface area contributed by atoms with Crippen LogP contribution in [0.1, 0.15) is 11.1 Å². The third-order valence-corrected chi connectivity index (χ3v) is 3.88. The highest BCUT2D eigenvalue weighted by Gasteiger charge is 2.08. The van der Waals surface area contributed by atoms with Gasteiger partial charge in [-0.3, -0.25) is 0 Å². The summed E-state index contributed by atoms with van der Waals surface area (Å²) in [5, 5.41) is 14.3. The predicted octanol–water partition coefficient (Wildman–Crippen LogP) is 4.66. The highest BCUT2D eigenvalue weighted by molar-refractivity contribution is 6.32. The van der Waals surface area contributed by atoms with Crippen LogP contribution in [0.2, 0.25) is 5.02 Å². The summed E-state index contributed by atoms with van der Waals surface area (Å²) in [6.45, 7) is 3.94. The molecule has 1 heterocycles. The Morgan fingerprint density at radius 1 is 1.05 bits per heavy atom. The molecule has 0 saturated carbocycles. The van der Waals surface area contributed by atoms with Crippen LogP contribution >= 0.6 is 11.6 Å². The fourth-order valence-corrected chi connectivity index (χ4v) is 2.40. The minimum absolute atomic E-state index is 0.439. The monoisotopic (exact) mass is 299 g/mol. The molecule has 2 aromatic carbocycles. The molecule has 0 bridgehead atoms. The molecule has 3 aromatic rings. The lowest BCUT2D eigenvalue weighted by molar-refractivity contribution is 0.302. The maximum Gasteiger partial charge on any atom is 0.137 e. The lowest BCUT2D eigenvalue weighted by atomic mass is 10.1. The summed E-state index contributed by atoms with van der Waals surface area (Å²) >= 11 is 6.13. The summed E-state index contributed by atoms with van der Waals surface area (Å²) in [4.78, 5) is 0. The van der Waals surface area contributed by atoms with Crippen LogP contribution in [-0.2, 0) is 0 Å². The summed E-state index contributed by atoms with van der Waals surface area (Å²) in [6.07, 6.45) is 0. The van der Waals surface area contributed by atoms with E-state index in [1.54, 1.807) is 12.1 Å². The number of halogens is 1. The van der Waals surface area contributed by atoms with Crippen molar-refractivity contribution in [3.05, 3.63) is 64.0 Å². The molecule has 0 aliphatic heterocycles. The van der Waals surface area contributed by atoms with E-state index in [0.29, 0.717) is 27.1 Å². The van der Waals surface area contributed by atoms with E-state index in [0.717, 1.165) is 11.1 Å². The molecule has 1 N–H and O–H groups in total. The third-order valence-electron chi connectivity index (χ3n) is 3.47. The van der Waals surface area contributed by atoms with Crippen LogP contribution in [-0.4, -0.2) is 5.21 Å². The van der Waals surface area contributed by atoms with Gasteiger partial charge >= 0.3 is 0 Å². The molecule has 4 heteroatoms. The number of nitrogens with zero attached hydrogens (tertiary/aromatic N) is 1. The first-order valence-corrected chi connectivity index (χ1v) is 6.95. The maximum absolute atomic E-state index is 9.25. The van der Waals surface area contributed by atoms with E-state index in [1.165, 1.54) is 5.56 Å². The Hall–Kier alpha value is -2.26. The molecular formula is C17H14ClNO2. The van der Waals surface area contributed by atoms with Crippen molar-refractivity contribution in [3.8, 4) is 11.3 Å². The zero-order chi connectivity index (χ0) is 15.0. The summed E-state index contributed by atoms with van der Waals surface area (Å²) in [6, 6.07) is 13.3. The average molecular weight is 300 g/mol. The van der Waals surface area contributed by atoms with Crippen LogP contribution in [0.3, 0.4) is 0 Å². The van der Waals surface area contributed by atoms with Gasteiger partial charge in [-0.1, -0.05) is 46.6 Å². The molecule has 0 spiro atoms. The van der Waals surface area contributed by atoms with E-state index in [2.05, 4.69) is 5.16 Å². The van der Waals surface area contributed by atoms with Gasteiger partial charge in [0.05, 0.1) is 0 Å². The number of rotatable bonds is 1. The first-order chi connectivity index (χ1) is 10.1. The van der Waals surface area contributed by atoms with Gasteiger partial charge in [-0.15, -0.1) is 0 Å². The minimum Gasteiger partial charge on any atom is -0.456 e. The molecule has 3 rings (SSSR count). The van der Waals surface area contributed by atoms with Crippen LogP contribution in [0.4, 0.5) is 0 Å². The maximum atomic E-state index is 9.25. The molecule has 0 unspecified atom stereocenters. The lowest BCUT2D eigenvalue weighted by Gasteiger charge is -2.06. The molecule has 0 aliphatic carbocycles. The molecule has 21 heavy (non-hydrogen) atoms. The molecule has 0 radical (unpaired) electrons. The first kappa shape index (κ1) is 13.7. The largest absolute Gasteiger partial charge is 0.456 e. The van der Waals surface area contributed by atoms with E-state index < -0.39 is 0 Å². The topological polar surface area (TPSA) is 45.7 Å². The normalized spacial score (nSPS) is 12.0. The van der Waals surface area contributed by atoms with E-state index in [-0.39, 0.29) is 0 Å². The van der Waals surface area contributed by atoms with Crippen LogP contribution < -0.4 is 5.36 Å². The van der Waals surface area contributed by atoms with Gasteiger partial charge < -0.3 is 9.62 Å². The highest BCUT2D eigenvalue weighted by atomic mass is 35.5. The Bertz CT molecular complexity index is 880. The third kappa shape index (κ3) is 2.52. The summed E-state index contributed by atoms with van der Waals surface area (Å²) in [5.41, 5.74) is 3.66. The first-order valence-electron chi connectivity index (χ1n) is 6.57. The Labute approximate surface area is 127 Å². The number of fused-ring (bicyclic) bond motifs is 1. The van der Waals surface area contributed by atoms with E-state index in [9.17, 15) is 5.21 Å². The van der Waals surface area contributed by atoms with Crippen LogP contribution in [0.15, 0.2) is 52.0 Å². The lowest BCUT2D eigenvalue weighted by Crippen LogP contribution is -2.03. The van der Waals surface area contributed by atoms with Crippen LogP contribution in [0.5, 0.6) is 0 Å². The van der Waals surface area contributed by atoms with Gasteiger partial charge in [-0.05, 0) is 31.5 Å². The second-order valence-corrected chi connectivity index (χ2v) is 5.47. The quantitative estimate of drug-likeness (QED) is 0.524. The Morgan fingerprint density at radius 3 is 2.43 bits per heavy atom. The van der Waals surface area contributed by atoms with Gasteiger partial charge in [0, 0.05) is 22.0 Å². The van der Waals surface area contributed by atoms with Gasteiger partial charge in [0.25, 0.3) is 0 Å². The molecule has 3 nitrogen and oxygen atoms in total. The number of aryl methyl sites for hydroxylation is 2. The minimum atomic E-state index is 0.439. The van der Waals surface area contributed by atoms with E-state index >= 15 is 0 Å². The Morgan fingerprint density at radius 2 is 1.76 bits per heavy atom. The molecule has 0 saturated heterocycles. The summed E-state index contributed by atoms with van der Waals surface area (Å²) in [5.74, 6) is 0.650. The van der Waals surface area contributed by atoms with Gasteiger partial charge in [0.15, 0.2) is 0 Å². The SMILES string of the molecule is Cc1ccc(-c2c/c(=N\O)c3cc(Cl)c(C)cc3o2)cc1. The molecule has 1 aromatic heterocycles. The number of benzene rings is 2. The number of hydrogen-bond donors (Lipinski definition) is 1. The number of hydrogen-bond acceptors (Lipinski definition) is 3. The fourth-order valence-electron chi connectivity index (χ4n) is 2.23. The second kappa shape index (κ2) is 5.26. The standard InChI is InChI=1S/C17H14ClNO2/c1-10-3-5-12(6-4-10)16-9-15(19-20)13-8-14(18)11(2)7-17(13)21-16/h3-9,20H,1-2H3/b19-15+. The van der Waals surface area contributed by atoms with Crippen molar-refractivity contribution in [2.45, 2.75) is 13.8 Å². The molecule has 0 aliphatic rings. The van der Waals surface area contributed by atoms with Gasteiger partial charge in [-0.2, -0.15) is 0 Å². The van der Waals surface area contributed by atoms with E-state index in [4.69, 9.17) is 16.0 Å². The second-order valence-electron chi connectivity index (χ2n) is 5.06. The molecule has 106 valence electrons. The smallest absolute Gasteiger partial charge is 0.137 e. The van der Waals surface area contributed by atoms with E-state index in [1.807, 2.05) is 44.2 Å². The van der Waals surface area contributed by atoms with Crippen molar-refractivity contribution in [1.82, 2.24) is 0 Å². The molecule has 0 atom stereocenters. The van der Waals surface area contributed by atoms with Crippen molar-refractivity contribution in [2.75, 3.05) is 0 Å². The fraction of sp³-hybridized carbons (Fsp3) is 0.118. The summed E-state index contributed by atoms with van der Waals surface area (Å²) < 4.78 is 5.94. The van der Waals surface area contributed by atoms with Crippen molar-refractivity contribution in [3.63, 3.8) is 0 Å². The van der Waals surface area contributed by atoms with Crippen molar-refractivity contribution in [1.29, 1.82) is 0 Å². The van der Waals surface area contributed by atoms with Gasteiger partial charge in [0.2, 0.25) is 0 Å². The van der Waals surface area contributed by atoms with Crippen molar-refractivity contribution >= 4 is 22.6 Å². The van der Waals surface area contributed by atoms with Crippen molar-refractivity contribution in [2.24, 2.45) is 5.16 Å². The highest BCUT2D eigenvalue weighted by Crippen LogP contribution is 2.26. The molecular weight excluding hydrogens is 286 g/mol. The van der Waals surface area contributed by atoms with Crippen LogP contribution in [0.25, 0.3) is 22.3 Å². The Balaban J connectivity index is 2.31. The van der Waals surface area contributed by atoms with Gasteiger partial charge in [0.1, 0.15) is 16.7 Å². The van der Waals surface area contributed by atoms with Crippen LogP contribution in [0, 0.1) is 13.8 Å². The molecule has 0 fully saturated rings.